The van der Waals surface area contributed by atoms with Crippen LogP contribution in [-0.4, -0.2) is 9.55 Å². The molecule has 1 aromatic heterocycles. The highest BCUT2D eigenvalue weighted by molar-refractivity contribution is 6.31. The lowest BCUT2D eigenvalue weighted by atomic mass is 9.83. The number of fused-ring (bicyclic) bond motifs is 1. The van der Waals surface area contributed by atoms with E-state index in [-0.39, 0.29) is 5.02 Å². The van der Waals surface area contributed by atoms with Gasteiger partial charge in [-0.2, -0.15) is 0 Å². The van der Waals surface area contributed by atoms with Crippen molar-refractivity contribution in [3.8, 4) is 0 Å². The molecule has 21 heavy (non-hydrogen) atoms. The summed E-state index contributed by atoms with van der Waals surface area (Å²) in [6, 6.07) is 3.34. The fourth-order valence-electron chi connectivity index (χ4n) is 3.59. The average Bonchev–Trinajstić information content (AvgIpc) is 2.76. The Labute approximate surface area is 129 Å². The van der Waals surface area contributed by atoms with E-state index in [4.69, 9.17) is 17.3 Å². The molecule has 0 radical (unpaired) electrons. The lowest BCUT2D eigenvalue weighted by molar-refractivity contribution is 0.267. The first kappa shape index (κ1) is 14.6. The summed E-state index contributed by atoms with van der Waals surface area (Å²) in [4.78, 5) is 4.34. The Morgan fingerprint density at radius 3 is 2.71 bits per heavy atom. The molecule has 1 aromatic carbocycles. The molecule has 0 saturated heterocycles. The Morgan fingerprint density at radius 1 is 1.33 bits per heavy atom. The van der Waals surface area contributed by atoms with Gasteiger partial charge in [0.15, 0.2) is 0 Å². The van der Waals surface area contributed by atoms with E-state index in [9.17, 15) is 4.39 Å². The fraction of sp³-hybridized carbons (Fsp3) is 0.562. The van der Waals surface area contributed by atoms with Crippen LogP contribution in [0.3, 0.4) is 0 Å². The summed E-state index contributed by atoms with van der Waals surface area (Å²) < 4.78 is 15.8. The minimum Gasteiger partial charge on any atom is -0.369 e. The number of rotatable bonds is 3. The van der Waals surface area contributed by atoms with Gasteiger partial charge in [-0.25, -0.2) is 9.37 Å². The van der Waals surface area contributed by atoms with Crippen LogP contribution < -0.4 is 5.73 Å². The highest BCUT2D eigenvalue weighted by Crippen LogP contribution is 2.38. The topological polar surface area (TPSA) is 43.8 Å². The number of imidazole rings is 1. The van der Waals surface area contributed by atoms with Gasteiger partial charge < -0.3 is 10.3 Å². The third-order valence-electron chi connectivity index (χ3n) is 4.64. The van der Waals surface area contributed by atoms with E-state index >= 15 is 0 Å². The Morgan fingerprint density at radius 2 is 2.05 bits per heavy atom. The first-order valence-electron chi connectivity index (χ1n) is 7.72. The summed E-state index contributed by atoms with van der Waals surface area (Å²) in [5, 5.41) is 0.0961. The Balaban J connectivity index is 1.90. The van der Waals surface area contributed by atoms with Gasteiger partial charge in [-0.1, -0.05) is 31.4 Å². The van der Waals surface area contributed by atoms with Gasteiger partial charge in [0.25, 0.3) is 0 Å². The number of nitrogens with zero attached hydrogens (tertiary/aromatic N) is 2. The second-order valence-electron chi connectivity index (χ2n) is 6.06. The predicted molar refractivity (Wildman–Crippen MR) is 85.0 cm³/mol. The first-order valence-corrected chi connectivity index (χ1v) is 8.10. The van der Waals surface area contributed by atoms with Crippen molar-refractivity contribution < 1.29 is 4.39 Å². The van der Waals surface area contributed by atoms with E-state index in [1.165, 1.54) is 31.7 Å². The van der Waals surface area contributed by atoms with Crippen LogP contribution in [0.2, 0.25) is 5.02 Å². The van der Waals surface area contributed by atoms with Crippen molar-refractivity contribution in [3.05, 3.63) is 23.0 Å². The molecule has 0 bridgehead atoms. The zero-order chi connectivity index (χ0) is 15.0. The maximum absolute atomic E-state index is 13.8. The van der Waals surface area contributed by atoms with Crippen LogP contribution in [0.15, 0.2) is 12.1 Å². The van der Waals surface area contributed by atoms with Crippen LogP contribution in [-0.2, 0) is 0 Å². The van der Waals surface area contributed by atoms with Gasteiger partial charge in [0, 0.05) is 12.1 Å². The normalized spacial score (nSPS) is 22.8. The summed E-state index contributed by atoms with van der Waals surface area (Å²) in [6.07, 6.45) is 7.16. The highest BCUT2D eigenvalue weighted by Gasteiger charge is 2.25. The number of hydrogen-bond donors (Lipinski definition) is 1. The van der Waals surface area contributed by atoms with Crippen LogP contribution in [0.25, 0.3) is 11.0 Å². The quantitative estimate of drug-likeness (QED) is 0.872. The molecular weight excluding hydrogens is 289 g/mol. The Bertz CT molecular complexity index is 644. The summed E-state index contributed by atoms with van der Waals surface area (Å²) in [7, 11) is 0. The van der Waals surface area contributed by atoms with Gasteiger partial charge in [0.05, 0.1) is 16.1 Å². The number of hydrogen-bond acceptors (Lipinski definition) is 2. The number of nitrogen functional groups attached to an aromatic ring is 1. The van der Waals surface area contributed by atoms with Gasteiger partial charge >= 0.3 is 0 Å². The molecule has 1 aliphatic rings. The second kappa shape index (κ2) is 5.84. The number of anilines is 1. The predicted octanol–water partition coefficient (Wildman–Crippen LogP) is 4.94. The summed E-state index contributed by atoms with van der Waals surface area (Å²) in [6.45, 7) is 2.24. The summed E-state index contributed by atoms with van der Waals surface area (Å²) in [5.41, 5.74) is 7.50. The molecule has 1 fully saturated rings. The largest absolute Gasteiger partial charge is 0.369 e. The van der Waals surface area contributed by atoms with Crippen molar-refractivity contribution in [2.45, 2.75) is 51.5 Å². The van der Waals surface area contributed by atoms with E-state index in [1.807, 2.05) is 4.57 Å². The third-order valence-corrected chi connectivity index (χ3v) is 4.93. The first-order chi connectivity index (χ1) is 10.1. The molecule has 2 aromatic rings. The number of nitrogens with two attached hydrogens (primary N) is 1. The van der Waals surface area contributed by atoms with Crippen LogP contribution in [0.5, 0.6) is 0 Å². The molecule has 0 spiro atoms. The van der Waals surface area contributed by atoms with Crippen LogP contribution in [0.4, 0.5) is 10.3 Å². The molecule has 0 atom stereocenters. The average molecular weight is 310 g/mol. The molecule has 1 saturated carbocycles. The van der Waals surface area contributed by atoms with Gasteiger partial charge in [0.1, 0.15) is 5.82 Å². The van der Waals surface area contributed by atoms with Gasteiger partial charge in [-0.05, 0) is 37.7 Å². The summed E-state index contributed by atoms with van der Waals surface area (Å²) >= 11 is 5.82. The lowest BCUT2D eigenvalue weighted by Gasteiger charge is -2.30. The fourth-order valence-corrected chi connectivity index (χ4v) is 3.75. The van der Waals surface area contributed by atoms with E-state index in [2.05, 4.69) is 11.9 Å². The van der Waals surface area contributed by atoms with Crippen LogP contribution >= 0.6 is 11.6 Å². The van der Waals surface area contributed by atoms with E-state index in [0.717, 1.165) is 24.3 Å². The molecule has 0 aliphatic heterocycles. The highest BCUT2D eigenvalue weighted by atomic mass is 35.5. The Kier molecular flexibility index (Phi) is 4.07. The van der Waals surface area contributed by atoms with Crippen molar-refractivity contribution >= 4 is 28.6 Å². The van der Waals surface area contributed by atoms with Gasteiger partial charge in [-0.15, -0.1) is 0 Å². The van der Waals surface area contributed by atoms with Gasteiger partial charge in [0.2, 0.25) is 5.95 Å². The van der Waals surface area contributed by atoms with Crippen LogP contribution in [0.1, 0.15) is 51.5 Å². The molecule has 0 unspecified atom stereocenters. The number of aromatic nitrogens is 2. The van der Waals surface area contributed by atoms with E-state index in [0.29, 0.717) is 17.5 Å². The molecule has 0 amide bonds. The number of benzene rings is 1. The molecular formula is C16H21ClFN3. The Hall–Kier alpha value is -1.29. The zero-order valence-corrected chi connectivity index (χ0v) is 13.0. The molecule has 3 nitrogen and oxygen atoms in total. The van der Waals surface area contributed by atoms with Crippen molar-refractivity contribution in [1.82, 2.24) is 9.55 Å². The summed E-state index contributed by atoms with van der Waals surface area (Å²) in [5.74, 6) is 0.879. The molecule has 114 valence electrons. The second-order valence-corrected chi connectivity index (χ2v) is 6.47. The maximum Gasteiger partial charge on any atom is 0.201 e. The SMILES string of the molecule is CCCC1CCC(n2c(N)nc3cc(Cl)c(F)cc32)CC1. The molecule has 3 rings (SSSR count). The molecule has 2 N–H and O–H groups in total. The lowest BCUT2D eigenvalue weighted by Crippen LogP contribution is -2.19. The van der Waals surface area contributed by atoms with Crippen molar-refractivity contribution in [1.29, 1.82) is 0 Å². The van der Waals surface area contributed by atoms with Gasteiger partial charge in [-0.3, -0.25) is 0 Å². The standard InChI is InChI=1S/C16H21ClFN3/c1-2-3-10-4-6-11(7-5-10)21-15-9-13(18)12(17)8-14(15)20-16(21)19/h8-11H,2-7H2,1H3,(H2,19,20). The van der Waals surface area contributed by atoms with E-state index < -0.39 is 5.82 Å². The van der Waals surface area contributed by atoms with Crippen molar-refractivity contribution in [2.24, 2.45) is 5.92 Å². The monoisotopic (exact) mass is 309 g/mol. The molecule has 5 heteroatoms. The minimum absolute atomic E-state index is 0.0961. The molecule has 1 heterocycles. The number of halogens is 2. The third kappa shape index (κ3) is 2.73. The molecule has 1 aliphatic carbocycles. The van der Waals surface area contributed by atoms with E-state index in [1.54, 1.807) is 6.07 Å². The zero-order valence-electron chi connectivity index (χ0n) is 12.3. The van der Waals surface area contributed by atoms with Crippen LogP contribution in [0, 0.1) is 11.7 Å². The smallest absolute Gasteiger partial charge is 0.201 e. The van der Waals surface area contributed by atoms with Crippen molar-refractivity contribution in [2.75, 3.05) is 5.73 Å². The minimum atomic E-state index is -0.412. The maximum atomic E-state index is 13.8. The van der Waals surface area contributed by atoms with Crippen molar-refractivity contribution in [3.63, 3.8) is 0 Å².